The number of aryl methyl sites for hydroxylation is 2. The molecule has 132 valence electrons. The quantitative estimate of drug-likeness (QED) is 0.824. The number of hydrogen-bond acceptors (Lipinski definition) is 3. The van der Waals surface area contributed by atoms with E-state index in [2.05, 4.69) is 10.6 Å². The number of nitrogens with one attached hydrogen (secondary N) is 2. The van der Waals surface area contributed by atoms with Crippen LogP contribution < -0.4 is 15.4 Å². The molecular formula is C19H21ClN2O3. The van der Waals surface area contributed by atoms with Crippen LogP contribution in [0, 0.1) is 13.8 Å². The smallest absolute Gasteiger partial charge is 0.262 e. The van der Waals surface area contributed by atoms with E-state index < -0.39 is 0 Å². The van der Waals surface area contributed by atoms with Gasteiger partial charge >= 0.3 is 0 Å². The van der Waals surface area contributed by atoms with Crippen molar-refractivity contribution in [2.45, 2.75) is 20.8 Å². The zero-order valence-corrected chi connectivity index (χ0v) is 15.2. The number of carbonyl (C=O) groups is 2. The van der Waals surface area contributed by atoms with Crippen molar-refractivity contribution < 1.29 is 14.3 Å². The largest absolute Gasteiger partial charge is 0.484 e. The number of anilines is 1. The number of halogens is 1. The Bertz CT molecular complexity index is 750. The predicted molar refractivity (Wildman–Crippen MR) is 99.5 cm³/mol. The number of amides is 2. The van der Waals surface area contributed by atoms with Crippen molar-refractivity contribution in [3.8, 4) is 5.75 Å². The minimum absolute atomic E-state index is 0.113. The highest BCUT2D eigenvalue weighted by atomic mass is 35.5. The fourth-order valence-electron chi connectivity index (χ4n) is 2.30. The van der Waals surface area contributed by atoms with E-state index in [-0.39, 0.29) is 18.4 Å². The van der Waals surface area contributed by atoms with E-state index in [1.54, 1.807) is 36.4 Å². The highest BCUT2D eigenvalue weighted by molar-refractivity contribution is 6.32. The van der Waals surface area contributed by atoms with Gasteiger partial charge in [-0.1, -0.05) is 11.6 Å². The number of carbonyl (C=O) groups excluding carboxylic acids is 2. The van der Waals surface area contributed by atoms with Crippen molar-refractivity contribution in [2.24, 2.45) is 0 Å². The Hall–Kier alpha value is -2.53. The maximum Gasteiger partial charge on any atom is 0.262 e. The Balaban J connectivity index is 1.91. The maximum absolute atomic E-state index is 12.0. The van der Waals surface area contributed by atoms with Crippen LogP contribution in [-0.2, 0) is 4.79 Å². The lowest BCUT2D eigenvalue weighted by Crippen LogP contribution is -2.23. The van der Waals surface area contributed by atoms with Crippen LogP contribution in [-0.4, -0.2) is 25.0 Å². The van der Waals surface area contributed by atoms with Crippen molar-refractivity contribution >= 4 is 29.1 Å². The van der Waals surface area contributed by atoms with Crippen molar-refractivity contribution in [3.05, 3.63) is 58.1 Å². The summed E-state index contributed by atoms with van der Waals surface area (Å²) in [6.45, 7) is 6.09. The van der Waals surface area contributed by atoms with Crippen molar-refractivity contribution in [2.75, 3.05) is 18.5 Å². The summed E-state index contributed by atoms with van der Waals surface area (Å²) in [7, 11) is 0. The first-order valence-electron chi connectivity index (χ1n) is 7.98. The van der Waals surface area contributed by atoms with Gasteiger partial charge in [0.15, 0.2) is 6.61 Å². The second-order valence-corrected chi connectivity index (χ2v) is 6.02. The molecule has 0 unspecified atom stereocenters. The van der Waals surface area contributed by atoms with Crippen molar-refractivity contribution in [1.82, 2.24) is 5.32 Å². The van der Waals surface area contributed by atoms with Gasteiger partial charge in [0.1, 0.15) is 5.75 Å². The van der Waals surface area contributed by atoms with Crippen LogP contribution in [0.5, 0.6) is 5.75 Å². The fraction of sp³-hybridized carbons (Fsp3) is 0.263. The van der Waals surface area contributed by atoms with Crippen LogP contribution in [0.15, 0.2) is 36.4 Å². The summed E-state index contributed by atoms with van der Waals surface area (Å²) in [5, 5.41) is 6.15. The van der Waals surface area contributed by atoms with Crippen LogP contribution in [0.25, 0.3) is 0 Å². The summed E-state index contributed by atoms with van der Waals surface area (Å²) in [6, 6.07) is 10.3. The summed E-state index contributed by atoms with van der Waals surface area (Å²) < 4.78 is 5.52. The third kappa shape index (κ3) is 5.22. The molecule has 0 saturated heterocycles. The molecule has 0 fully saturated rings. The normalized spacial score (nSPS) is 10.2. The second kappa shape index (κ2) is 8.53. The van der Waals surface area contributed by atoms with E-state index in [9.17, 15) is 9.59 Å². The Kier molecular flexibility index (Phi) is 6.42. The second-order valence-electron chi connectivity index (χ2n) is 5.64. The lowest BCUT2D eigenvalue weighted by Gasteiger charge is -2.10. The molecule has 6 heteroatoms. The minimum Gasteiger partial charge on any atom is -0.484 e. The van der Waals surface area contributed by atoms with E-state index in [1.165, 1.54) is 0 Å². The molecule has 2 aromatic carbocycles. The van der Waals surface area contributed by atoms with Crippen LogP contribution in [0.2, 0.25) is 5.02 Å². The average Bonchev–Trinajstić information content (AvgIpc) is 2.58. The molecule has 0 aliphatic rings. The topological polar surface area (TPSA) is 67.4 Å². The molecule has 25 heavy (non-hydrogen) atoms. The van der Waals surface area contributed by atoms with Gasteiger partial charge in [-0.15, -0.1) is 0 Å². The van der Waals surface area contributed by atoms with E-state index in [4.69, 9.17) is 16.3 Å². The zero-order valence-electron chi connectivity index (χ0n) is 14.5. The Morgan fingerprint density at radius 1 is 1.08 bits per heavy atom. The monoisotopic (exact) mass is 360 g/mol. The third-order valence-electron chi connectivity index (χ3n) is 3.55. The lowest BCUT2D eigenvalue weighted by molar-refractivity contribution is -0.118. The molecule has 0 atom stereocenters. The Morgan fingerprint density at radius 2 is 1.68 bits per heavy atom. The van der Waals surface area contributed by atoms with Gasteiger partial charge in [-0.3, -0.25) is 9.59 Å². The van der Waals surface area contributed by atoms with Crippen molar-refractivity contribution in [1.29, 1.82) is 0 Å². The molecule has 2 N–H and O–H groups in total. The Labute approximate surface area is 152 Å². The predicted octanol–water partition coefficient (Wildman–Crippen LogP) is 3.72. The van der Waals surface area contributed by atoms with E-state index >= 15 is 0 Å². The average molecular weight is 361 g/mol. The van der Waals surface area contributed by atoms with Crippen LogP contribution in [0.3, 0.4) is 0 Å². The van der Waals surface area contributed by atoms with Gasteiger partial charge in [0.25, 0.3) is 11.8 Å². The standard InChI is InChI=1S/C19H21ClN2O3/c1-4-21-19(24)14-5-7-15(8-6-14)22-17(23)11-25-16-9-12(2)18(20)13(3)10-16/h5-10H,4,11H2,1-3H3,(H,21,24)(H,22,23). The summed E-state index contributed by atoms with van der Waals surface area (Å²) >= 11 is 6.11. The molecule has 0 aliphatic carbocycles. The first-order valence-corrected chi connectivity index (χ1v) is 8.36. The van der Waals surface area contributed by atoms with E-state index in [0.717, 1.165) is 11.1 Å². The van der Waals surface area contributed by atoms with Gasteiger partial charge in [0, 0.05) is 22.8 Å². The van der Waals surface area contributed by atoms with E-state index in [1.807, 2.05) is 20.8 Å². The molecule has 0 bridgehead atoms. The lowest BCUT2D eigenvalue weighted by atomic mass is 10.1. The molecule has 0 aromatic heterocycles. The van der Waals surface area contributed by atoms with Crippen LogP contribution in [0.1, 0.15) is 28.4 Å². The summed E-state index contributed by atoms with van der Waals surface area (Å²) in [5.41, 5.74) is 2.95. The molecule has 0 aliphatic heterocycles. The minimum atomic E-state index is -0.281. The highest BCUT2D eigenvalue weighted by Gasteiger charge is 2.08. The fourth-order valence-corrected chi connectivity index (χ4v) is 2.41. The van der Waals surface area contributed by atoms with Gasteiger partial charge in [0.05, 0.1) is 0 Å². The zero-order chi connectivity index (χ0) is 18.4. The molecule has 2 rings (SSSR count). The van der Waals surface area contributed by atoms with Gasteiger partial charge in [-0.05, 0) is 68.3 Å². The molecule has 0 radical (unpaired) electrons. The third-order valence-corrected chi connectivity index (χ3v) is 4.14. The number of rotatable bonds is 6. The first-order chi connectivity index (χ1) is 11.9. The molecule has 0 spiro atoms. The molecule has 0 heterocycles. The molecule has 2 aromatic rings. The van der Waals surface area contributed by atoms with E-state index in [0.29, 0.717) is 28.6 Å². The number of ether oxygens (including phenoxy) is 1. The van der Waals surface area contributed by atoms with Crippen LogP contribution in [0.4, 0.5) is 5.69 Å². The molecule has 0 saturated carbocycles. The highest BCUT2D eigenvalue weighted by Crippen LogP contribution is 2.25. The van der Waals surface area contributed by atoms with Crippen LogP contribution >= 0.6 is 11.6 Å². The maximum atomic E-state index is 12.0. The summed E-state index contributed by atoms with van der Waals surface area (Å²) in [5.74, 6) is 0.175. The first kappa shape index (κ1) is 18.8. The Morgan fingerprint density at radius 3 is 2.24 bits per heavy atom. The van der Waals surface area contributed by atoms with Gasteiger partial charge < -0.3 is 15.4 Å². The van der Waals surface area contributed by atoms with Gasteiger partial charge in [0.2, 0.25) is 0 Å². The molecule has 2 amide bonds. The van der Waals surface area contributed by atoms with Crippen molar-refractivity contribution in [3.63, 3.8) is 0 Å². The number of benzene rings is 2. The molecule has 5 nitrogen and oxygen atoms in total. The van der Waals surface area contributed by atoms with Gasteiger partial charge in [-0.2, -0.15) is 0 Å². The SMILES string of the molecule is CCNC(=O)c1ccc(NC(=O)COc2cc(C)c(Cl)c(C)c2)cc1. The summed E-state index contributed by atoms with van der Waals surface area (Å²) in [4.78, 5) is 23.7. The number of hydrogen-bond donors (Lipinski definition) is 2. The van der Waals surface area contributed by atoms with Gasteiger partial charge in [-0.25, -0.2) is 0 Å². The summed E-state index contributed by atoms with van der Waals surface area (Å²) in [6.07, 6.45) is 0. The molecular weight excluding hydrogens is 340 g/mol.